The molecule has 2 aromatic rings. The van der Waals surface area contributed by atoms with Gasteiger partial charge in [-0.05, 0) is 17.7 Å². The number of hydrogen-bond acceptors (Lipinski definition) is 4. The number of nitrogens with one attached hydrogen (secondary N) is 2. The summed E-state index contributed by atoms with van der Waals surface area (Å²) in [5.41, 5.74) is 1.23. The van der Waals surface area contributed by atoms with Gasteiger partial charge in [0.05, 0.1) is 29.6 Å². The largest absolute Gasteiger partial charge is 0.345 e. The van der Waals surface area contributed by atoms with Crippen LogP contribution in [0.2, 0.25) is 5.02 Å². The lowest BCUT2D eigenvalue weighted by atomic mass is 10.0. The summed E-state index contributed by atoms with van der Waals surface area (Å²) in [6.45, 7) is 0.714. The standard InChI is InChI=1S/C19H18ClN3O2S/c20-15-9-5-4-8-14(15)18(25)22-16(13-6-2-1-3-7-13)12-17(24)23-19-21-10-11-26-19/h1-9,16H,10-12H2,(H,22,25)(H,21,23,24)/t16-/m1/s1. The van der Waals surface area contributed by atoms with Gasteiger partial charge in [-0.3, -0.25) is 14.6 Å². The van der Waals surface area contributed by atoms with E-state index in [0.29, 0.717) is 22.3 Å². The number of hydrogen-bond donors (Lipinski definition) is 2. The number of benzene rings is 2. The van der Waals surface area contributed by atoms with E-state index in [0.717, 1.165) is 11.3 Å². The molecule has 0 aromatic heterocycles. The highest BCUT2D eigenvalue weighted by atomic mass is 35.5. The highest BCUT2D eigenvalue weighted by Gasteiger charge is 2.21. The zero-order valence-corrected chi connectivity index (χ0v) is 15.5. The number of aliphatic imine (C=N–C) groups is 1. The van der Waals surface area contributed by atoms with Gasteiger partial charge in [-0.1, -0.05) is 65.8 Å². The van der Waals surface area contributed by atoms with E-state index >= 15 is 0 Å². The molecule has 1 heterocycles. The van der Waals surface area contributed by atoms with Gasteiger partial charge in [0.2, 0.25) is 5.91 Å². The van der Waals surface area contributed by atoms with Gasteiger partial charge >= 0.3 is 0 Å². The Labute approximate surface area is 161 Å². The minimum Gasteiger partial charge on any atom is -0.345 e. The number of amidine groups is 1. The Hall–Kier alpha value is -2.31. The van der Waals surface area contributed by atoms with E-state index in [9.17, 15) is 9.59 Å². The first-order valence-electron chi connectivity index (χ1n) is 8.21. The monoisotopic (exact) mass is 387 g/mol. The Morgan fingerprint density at radius 3 is 2.54 bits per heavy atom. The van der Waals surface area contributed by atoms with Crippen LogP contribution in [0.15, 0.2) is 59.6 Å². The average Bonchev–Trinajstić information content (AvgIpc) is 3.15. The summed E-state index contributed by atoms with van der Waals surface area (Å²) in [6.07, 6.45) is 0.111. The number of carbonyl (C=O) groups excluding carboxylic acids is 2. The zero-order chi connectivity index (χ0) is 18.4. The van der Waals surface area contributed by atoms with Crippen LogP contribution >= 0.6 is 23.4 Å². The van der Waals surface area contributed by atoms with Crippen LogP contribution in [-0.4, -0.2) is 29.3 Å². The third kappa shape index (κ3) is 4.86. The van der Waals surface area contributed by atoms with Crippen LogP contribution in [0, 0.1) is 0 Å². The lowest BCUT2D eigenvalue weighted by molar-refractivity contribution is -0.120. The first-order chi connectivity index (χ1) is 12.6. The first kappa shape index (κ1) is 18.5. The molecule has 5 nitrogen and oxygen atoms in total. The van der Waals surface area contributed by atoms with Crippen molar-refractivity contribution in [1.29, 1.82) is 0 Å². The van der Waals surface area contributed by atoms with Crippen molar-refractivity contribution in [3.63, 3.8) is 0 Å². The van der Waals surface area contributed by atoms with Gasteiger partial charge in [-0.2, -0.15) is 0 Å². The van der Waals surface area contributed by atoms with Gasteiger partial charge in [-0.25, -0.2) is 0 Å². The molecule has 0 saturated heterocycles. The fraction of sp³-hybridized carbons (Fsp3) is 0.211. The fourth-order valence-corrected chi connectivity index (χ4v) is 3.55. The number of thioether (sulfide) groups is 1. The van der Waals surface area contributed by atoms with Gasteiger partial charge in [0.25, 0.3) is 5.91 Å². The van der Waals surface area contributed by atoms with E-state index in [1.54, 1.807) is 24.3 Å². The van der Waals surface area contributed by atoms with E-state index in [1.807, 2.05) is 30.3 Å². The SMILES string of the molecule is O=C(C[C@@H](NC(=O)c1ccccc1Cl)c1ccccc1)NC1=NCCS1. The average molecular weight is 388 g/mol. The molecule has 26 heavy (non-hydrogen) atoms. The Bertz CT molecular complexity index is 827. The predicted molar refractivity (Wildman–Crippen MR) is 106 cm³/mol. The van der Waals surface area contributed by atoms with Crippen molar-refractivity contribution < 1.29 is 9.59 Å². The molecule has 2 amide bonds. The molecule has 134 valence electrons. The Morgan fingerprint density at radius 2 is 1.85 bits per heavy atom. The van der Waals surface area contributed by atoms with Gasteiger partial charge in [0.1, 0.15) is 0 Å². The Balaban J connectivity index is 1.74. The Morgan fingerprint density at radius 1 is 1.12 bits per heavy atom. The van der Waals surface area contributed by atoms with Crippen LogP contribution in [0.3, 0.4) is 0 Å². The molecular formula is C19H18ClN3O2S. The van der Waals surface area contributed by atoms with Crippen molar-refractivity contribution in [2.75, 3.05) is 12.3 Å². The van der Waals surface area contributed by atoms with Crippen molar-refractivity contribution in [1.82, 2.24) is 10.6 Å². The number of nitrogens with zero attached hydrogens (tertiary/aromatic N) is 1. The first-order valence-corrected chi connectivity index (χ1v) is 9.57. The molecule has 7 heteroatoms. The highest BCUT2D eigenvalue weighted by Crippen LogP contribution is 2.20. The molecule has 1 atom stereocenters. The van der Waals surface area contributed by atoms with E-state index in [4.69, 9.17) is 11.6 Å². The Kier molecular flexibility index (Phi) is 6.30. The molecule has 1 aliphatic rings. The van der Waals surface area contributed by atoms with Crippen molar-refractivity contribution in [3.05, 3.63) is 70.7 Å². The summed E-state index contributed by atoms with van der Waals surface area (Å²) in [4.78, 5) is 29.2. The van der Waals surface area contributed by atoms with Crippen LogP contribution in [0.4, 0.5) is 0 Å². The molecule has 0 radical (unpaired) electrons. The number of carbonyl (C=O) groups is 2. The second-order valence-corrected chi connectivity index (χ2v) is 7.20. The second-order valence-electron chi connectivity index (χ2n) is 5.70. The van der Waals surface area contributed by atoms with Crippen molar-refractivity contribution in [2.24, 2.45) is 4.99 Å². The molecule has 3 rings (SSSR count). The van der Waals surface area contributed by atoms with E-state index in [-0.39, 0.29) is 18.2 Å². The van der Waals surface area contributed by atoms with Crippen LogP contribution in [-0.2, 0) is 4.79 Å². The van der Waals surface area contributed by atoms with Gasteiger partial charge in [0, 0.05) is 5.75 Å². The minimum atomic E-state index is -0.466. The summed E-state index contributed by atoms with van der Waals surface area (Å²) in [5.74, 6) is 0.373. The quantitative estimate of drug-likeness (QED) is 0.825. The number of amides is 2. The van der Waals surface area contributed by atoms with Crippen molar-refractivity contribution in [3.8, 4) is 0 Å². The van der Waals surface area contributed by atoms with Gasteiger partial charge in [-0.15, -0.1) is 0 Å². The predicted octanol–water partition coefficient (Wildman–Crippen LogP) is 3.42. The number of halogens is 1. The van der Waals surface area contributed by atoms with Crippen LogP contribution in [0.5, 0.6) is 0 Å². The minimum absolute atomic E-state index is 0.111. The zero-order valence-electron chi connectivity index (χ0n) is 13.9. The molecule has 2 N–H and O–H groups in total. The van der Waals surface area contributed by atoms with Gasteiger partial charge in [0.15, 0.2) is 5.17 Å². The smallest absolute Gasteiger partial charge is 0.253 e. The fourth-order valence-electron chi connectivity index (χ4n) is 2.59. The maximum absolute atomic E-state index is 12.6. The van der Waals surface area contributed by atoms with Crippen molar-refractivity contribution in [2.45, 2.75) is 12.5 Å². The second kappa shape index (κ2) is 8.87. The summed E-state index contributed by atoms with van der Waals surface area (Å²) < 4.78 is 0. The molecule has 0 unspecified atom stereocenters. The van der Waals surface area contributed by atoms with Crippen LogP contribution in [0.25, 0.3) is 0 Å². The molecule has 0 bridgehead atoms. The molecule has 0 fully saturated rings. The van der Waals surface area contributed by atoms with Crippen LogP contribution < -0.4 is 10.6 Å². The molecule has 0 aliphatic carbocycles. The van der Waals surface area contributed by atoms with Crippen LogP contribution in [0.1, 0.15) is 28.4 Å². The molecular weight excluding hydrogens is 370 g/mol. The van der Waals surface area contributed by atoms with E-state index in [2.05, 4.69) is 15.6 Å². The maximum Gasteiger partial charge on any atom is 0.253 e. The lowest BCUT2D eigenvalue weighted by Gasteiger charge is -2.19. The summed E-state index contributed by atoms with van der Waals surface area (Å²) in [7, 11) is 0. The summed E-state index contributed by atoms with van der Waals surface area (Å²) in [6, 6.07) is 15.8. The lowest BCUT2D eigenvalue weighted by Crippen LogP contribution is -2.35. The van der Waals surface area contributed by atoms with Gasteiger partial charge < -0.3 is 10.6 Å². The summed E-state index contributed by atoms with van der Waals surface area (Å²) >= 11 is 7.63. The van der Waals surface area contributed by atoms with E-state index < -0.39 is 6.04 Å². The van der Waals surface area contributed by atoms with E-state index in [1.165, 1.54) is 11.8 Å². The molecule has 1 aliphatic heterocycles. The molecule has 0 spiro atoms. The molecule has 0 saturated carbocycles. The third-order valence-corrected chi connectivity index (χ3v) is 5.07. The maximum atomic E-state index is 12.6. The number of rotatable bonds is 5. The third-order valence-electron chi connectivity index (χ3n) is 3.85. The normalized spacial score (nSPS) is 14.4. The summed E-state index contributed by atoms with van der Waals surface area (Å²) in [5, 5.41) is 6.73. The molecule has 2 aromatic carbocycles. The highest BCUT2D eigenvalue weighted by molar-refractivity contribution is 8.14. The van der Waals surface area contributed by atoms with Crippen molar-refractivity contribution >= 4 is 40.3 Å². The topological polar surface area (TPSA) is 70.6 Å².